The molecule has 21 aromatic rings. The Kier molecular flexibility index (Phi) is 15.1. The van der Waals surface area contributed by atoms with Crippen LogP contribution in [0.1, 0.15) is 44.5 Å². The third-order valence-corrected chi connectivity index (χ3v) is 25.9. The Labute approximate surface area is 680 Å². The zero-order chi connectivity index (χ0) is 76.8. The van der Waals surface area contributed by atoms with Crippen molar-refractivity contribution in [2.75, 3.05) is 9.80 Å². The molecule has 0 heterocycles. The first-order chi connectivity index (χ1) is 58.1. The van der Waals surface area contributed by atoms with Gasteiger partial charge in [-0.05, 0) is 250 Å². The van der Waals surface area contributed by atoms with Crippen molar-refractivity contribution >= 4 is 110 Å². The van der Waals surface area contributed by atoms with Crippen molar-refractivity contribution in [2.24, 2.45) is 0 Å². The fourth-order valence-electron chi connectivity index (χ4n) is 20.9. The van der Waals surface area contributed by atoms with Crippen molar-refractivity contribution in [1.82, 2.24) is 0 Å². The van der Waals surface area contributed by atoms with Crippen LogP contribution in [0.2, 0.25) is 0 Å². The van der Waals surface area contributed by atoms with Gasteiger partial charge in [0.05, 0.1) is 28.2 Å². The maximum Gasteiger partial charge on any atom is 0.0726 e. The molecule has 0 bridgehead atoms. The van der Waals surface area contributed by atoms with E-state index in [-0.39, 0.29) is 0 Å². The Hall–Kier alpha value is -15.0. The molecule has 3 aliphatic carbocycles. The summed E-state index contributed by atoms with van der Waals surface area (Å²) in [5.74, 6) is 0. The molecule has 0 amide bonds. The van der Waals surface area contributed by atoms with Gasteiger partial charge < -0.3 is 9.80 Å². The molecule has 1 spiro atoms. The van der Waals surface area contributed by atoms with Gasteiger partial charge in [-0.25, -0.2) is 0 Å². The van der Waals surface area contributed by atoms with Crippen LogP contribution in [0.25, 0.3) is 153 Å². The molecule has 0 aromatic heterocycles. The van der Waals surface area contributed by atoms with E-state index in [1.807, 2.05) is 0 Å². The molecular formula is C115H74N2. The van der Waals surface area contributed by atoms with E-state index in [2.05, 4.69) is 434 Å². The maximum atomic E-state index is 2.62. The van der Waals surface area contributed by atoms with Gasteiger partial charge in [0, 0.05) is 33.1 Å². The molecule has 0 radical (unpaired) electrons. The normalized spacial score (nSPS) is 12.8. The Morgan fingerprint density at radius 3 is 1.16 bits per heavy atom. The molecule has 2 heteroatoms. The van der Waals surface area contributed by atoms with Gasteiger partial charge in [-0.15, -0.1) is 0 Å². The van der Waals surface area contributed by atoms with Gasteiger partial charge in [-0.3, -0.25) is 0 Å². The van der Waals surface area contributed by atoms with E-state index in [1.165, 1.54) is 164 Å². The molecule has 117 heavy (non-hydrogen) atoms. The van der Waals surface area contributed by atoms with Gasteiger partial charge in [-0.1, -0.05) is 364 Å². The summed E-state index contributed by atoms with van der Waals surface area (Å²) in [5.41, 5.74) is 33.5. The minimum atomic E-state index is -0.564. The molecule has 0 fully saturated rings. The predicted octanol–water partition coefficient (Wildman–Crippen LogP) is 30.9. The summed E-state index contributed by atoms with van der Waals surface area (Å²) >= 11 is 0. The largest absolute Gasteiger partial charge is 0.309 e. The molecule has 2 nitrogen and oxygen atoms in total. The van der Waals surface area contributed by atoms with E-state index >= 15 is 0 Å². The highest BCUT2D eigenvalue weighted by molar-refractivity contribution is 6.31. The molecular weight excluding hydrogens is 1410 g/mol. The fraction of sp³-hybridized carbons (Fsp3) is 0.0261. The van der Waals surface area contributed by atoms with Crippen molar-refractivity contribution in [2.45, 2.75) is 18.3 Å². The van der Waals surface area contributed by atoms with E-state index in [0.717, 1.165) is 73.9 Å². The van der Waals surface area contributed by atoms with Crippen LogP contribution in [0.3, 0.4) is 0 Å². The number of anilines is 6. The summed E-state index contributed by atoms with van der Waals surface area (Å²) in [5, 5.41) is 17.0. The summed E-state index contributed by atoms with van der Waals surface area (Å²) in [6.07, 6.45) is 1.47. The number of benzene rings is 21. The van der Waals surface area contributed by atoms with Crippen LogP contribution in [0.5, 0.6) is 0 Å². The first-order valence-electron chi connectivity index (χ1n) is 40.9. The average Bonchev–Trinajstić information content (AvgIpc) is 1.67. The highest BCUT2D eigenvalue weighted by atomic mass is 15.2. The number of fused-ring (bicyclic) bond motifs is 29. The lowest BCUT2D eigenvalue weighted by atomic mass is 9.70. The summed E-state index contributed by atoms with van der Waals surface area (Å²) in [4.78, 5) is 5.19. The van der Waals surface area contributed by atoms with Crippen LogP contribution in [0.15, 0.2) is 425 Å². The molecule has 0 saturated heterocycles. The van der Waals surface area contributed by atoms with E-state index < -0.39 is 5.41 Å². The summed E-state index contributed by atoms with van der Waals surface area (Å²) in [7, 11) is 0. The first-order valence-corrected chi connectivity index (χ1v) is 40.9. The van der Waals surface area contributed by atoms with Crippen molar-refractivity contribution in [3.8, 4) is 77.9 Å². The second-order valence-corrected chi connectivity index (χ2v) is 31.9. The molecule has 0 atom stereocenters. The highest BCUT2D eigenvalue weighted by Gasteiger charge is 2.52. The lowest BCUT2D eigenvalue weighted by Crippen LogP contribution is -2.26. The van der Waals surface area contributed by atoms with Crippen LogP contribution in [0.4, 0.5) is 34.1 Å². The van der Waals surface area contributed by atoms with Gasteiger partial charge >= 0.3 is 0 Å². The Balaban J connectivity index is 0.730. The molecule has 0 unspecified atom stereocenters. The fourth-order valence-corrected chi connectivity index (χ4v) is 20.9. The zero-order valence-corrected chi connectivity index (χ0v) is 64.2. The van der Waals surface area contributed by atoms with E-state index in [4.69, 9.17) is 0 Å². The van der Waals surface area contributed by atoms with Crippen molar-refractivity contribution in [1.29, 1.82) is 0 Å². The molecule has 544 valence electrons. The van der Waals surface area contributed by atoms with Crippen LogP contribution in [0, 0.1) is 0 Å². The Morgan fingerprint density at radius 2 is 0.547 bits per heavy atom. The Bertz CT molecular complexity index is 7600. The monoisotopic (exact) mass is 1480 g/mol. The molecule has 0 N–H and O–H groups in total. The molecule has 3 aliphatic rings. The lowest BCUT2D eigenvalue weighted by molar-refractivity contribution is 0.793. The standard InChI is InChI=1S/C115H74N2/c1-3-28-73(29-4-1)78-58-62-89(74-30-5-2-6-31-74)112(71-78)117(84-61-65-98-97-45-21-24-52-107(97)115(108(98)72-84)105-50-22-19-43-95(105)96-44-20-23-51-106(96)115)111-55-27-49-102-104-70-77(59-63-94(104)93-42-16-18-47-100(93)114(102)111)76-56-57-81-66-79-33-8-10-36-85(79)86-37-11-9-34-80(86)67-82-68-83(60-64-87(82)103(81)69-76)116(109-53-25-35-75-32-7-12-38-88(75)109)110-54-26-48-101-92-40-14-13-39-90(92)91-41-15-17-46-99(91)113(101)110/h1-65,68-72H,66-67H2. The zero-order valence-electron chi connectivity index (χ0n) is 64.2. The van der Waals surface area contributed by atoms with Gasteiger partial charge in [0.1, 0.15) is 0 Å². The van der Waals surface area contributed by atoms with Gasteiger partial charge in [0.2, 0.25) is 0 Å². The van der Waals surface area contributed by atoms with E-state index in [0.29, 0.717) is 6.42 Å². The van der Waals surface area contributed by atoms with Gasteiger partial charge in [0.25, 0.3) is 0 Å². The van der Waals surface area contributed by atoms with Crippen LogP contribution in [-0.2, 0) is 18.3 Å². The summed E-state index contributed by atoms with van der Waals surface area (Å²) in [6.45, 7) is 0. The maximum absolute atomic E-state index is 2.62. The average molecular weight is 1480 g/mol. The predicted molar refractivity (Wildman–Crippen MR) is 494 cm³/mol. The molecule has 0 saturated carbocycles. The summed E-state index contributed by atoms with van der Waals surface area (Å²) < 4.78 is 0. The number of hydrogen-bond acceptors (Lipinski definition) is 2. The minimum absolute atomic E-state index is 0.564. The topological polar surface area (TPSA) is 6.48 Å². The van der Waals surface area contributed by atoms with Crippen LogP contribution < -0.4 is 9.80 Å². The SMILES string of the molecule is c1ccc(-c2ccc(-c3ccccc3)c(N(c3ccc4c(c3)C3(c5ccccc5-c5ccccc53)c3ccccc3-4)c3cccc4c5cc(-c6ccc7c(c6)-c6ccc(N(c8cccc9ccccc89)c8cccc9c%10ccccc%10c%10ccccc%10c89)cc6Cc6ccccc6-c6ccccc6C7)ccc5c5ccccc5c34)c2)cc1. The van der Waals surface area contributed by atoms with E-state index in [1.54, 1.807) is 0 Å². The number of rotatable bonds is 9. The Morgan fingerprint density at radius 1 is 0.171 bits per heavy atom. The van der Waals surface area contributed by atoms with Crippen molar-refractivity contribution in [3.63, 3.8) is 0 Å². The van der Waals surface area contributed by atoms with Crippen molar-refractivity contribution in [3.05, 3.63) is 469 Å². The minimum Gasteiger partial charge on any atom is -0.309 e. The molecule has 21 aromatic carbocycles. The number of nitrogens with zero attached hydrogens (tertiary/aromatic N) is 2. The lowest BCUT2D eigenvalue weighted by Gasteiger charge is -2.33. The highest BCUT2D eigenvalue weighted by Crippen LogP contribution is 2.64. The smallest absolute Gasteiger partial charge is 0.0726 e. The quantitative estimate of drug-likeness (QED) is 0.133. The van der Waals surface area contributed by atoms with Crippen LogP contribution in [-0.4, -0.2) is 0 Å². The summed E-state index contributed by atoms with van der Waals surface area (Å²) in [6, 6.07) is 161. The van der Waals surface area contributed by atoms with Crippen LogP contribution >= 0.6 is 0 Å². The second kappa shape index (κ2) is 26.6. The van der Waals surface area contributed by atoms with Crippen molar-refractivity contribution < 1.29 is 0 Å². The molecule has 24 rings (SSSR count). The number of hydrogen-bond donors (Lipinski definition) is 0. The van der Waals surface area contributed by atoms with E-state index in [9.17, 15) is 0 Å². The third kappa shape index (κ3) is 10.2. The van der Waals surface area contributed by atoms with Gasteiger partial charge in [0.15, 0.2) is 0 Å². The first kappa shape index (κ1) is 66.6. The molecule has 0 aliphatic heterocycles. The van der Waals surface area contributed by atoms with Gasteiger partial charge in [-0.2, -0.15) is 0 Å². The third-order valence-electron chi connectivity index (χ3n) is 25.9. The second-order valence-electron chi connectivity index (χ2n) is 31.9.